The van der Waals surface area contributed by atoms with Crippen LogP contribution in [0.5, 0.6) is 0 Å². The number of benzene rings is 2. The highest BCUT2D eigenvalue weighted by Gasteiger charge is 2.27. The smallest absolute Gasteiger partial charge is 0.227 e. The standard InChI is InChI=1S/C21H22FN3OS/c1-2-14-6-3-4-8-17(14)23-20(26)15-10-12-25(13-11-15)21-24-19-16(22)7-5-9-18(19)27-21/h3-9,15H,2,10-13H2,1H3,(H,23,26). The lowest BCUT2D eigenvalue weighted by molar-refractivity contribution is -0.120. The van der Waals surface area contributed by atoms with E-state index in [2.05, 4.69) is 22.1 Å². The predicted octanol–water partition coefficient (Wildman–Crippen LogP) is 4.85. The van der Waals surface area contributed by atoms with Gasteiger partial charge in [0.2, 0.25) is 5.91 Å². The summed E-state index contributed by atoms with van der Waals surface area (Å²) in [4.78, 5) is 19.3. The number of thiazole rings is 1. The molecule has 1 fully saturated rings. The molecular formula is C21H22FN3OS. The highest BCUT2D eigenvalue weighted by molar-refractivity contribution is 7.22. The van der Waals surface area contributed by atoms with E-state index in [9.17, 15) is 9.18 Å². The van der Waals surface area contributed by atoms with Gasteiger partial charge in [0.15, 0.2) is 5.13 Å². The molecule has 1 aromatic heterocycles. The number of rotatable bonds is 4. The summed E-state index contributed by atoms with van der Waals surface area (Å²) in [6.07, 6.45) is 2.44. The molecule has 0 bridgehead atoms. The summed E-state index contributed by atoms with van der Waals surface area (Å²) in [6, 6.07) is 13.0. The van der Waals surface area contributed by atoms with Gasteiger partial charge in [0.25, 0.3) is 0 Å². The fraction of sp³-hybridized carbons (Fsp3) is 0.333. The van der Waals surface area contributed by atoms with E-state index in [4.69, 9.17) is 0 Å². The molecule has 2 heterocycles. The third kappa shape index (κ3) is 3.67. The number of carbonyl (C=O) groups excluding carboxylic acids is 1. The second-order valence-electron chi connectivity index (χ2n) is 6.84. The van der Waals surface area contributed by atoms with Crippen molar-refractivity contribution in [1.82, 2.24) is 4.98 Å². The van der Waals surface area contributed by atoms with E-state index in [0.717, 1.165) is 53.4 Å². The minimum absolute atomic E-state index is 0.00252. The lowest BCUT2D eigenvalue weighted by atomic mass is 9.96. The maximum atomic E-state index is 13.9. The molecule has 4 nitrogen and oxygen atoms in total. The van der Waals surface area contributed by atoms with Crippen molar-refractivity contribution >= 4 is 38.3 Å². The summed E-state index contributed by atoms with van der Waals surface area (Å²) in [5.41, 5.74) is 2.50. The zero-order chi connectivity index (χ0) is 18.8. The minimum Gasteiger partial charge on any atom is -0.348 e. The van der Waals surface area contributed by atoms with Crippen molar-refractivity contribution in [3.63, 3.8) is 0 Å². The SMILES string of the molecule is CCc1ccccc1NC(=O)C1CCN(c2nc3c(F)cccc3s2)CC1. The second kappa shape index (κ2) is 7.64. The normalized spacial score (nSPS) is 15.3. The van der Waals surface area contributed by atoms with E-state index >= 15 is 0 Å². The van der Waals surface area contributed by atoms with Gasteiger partial charge >= 0.3 is 0 Å². The number of piperidine rings is 1. The van der Waals surface area contributed by atoms with Crippen LogP contribution >= 0.6 is 11.3 Å². The molecule has 1 aliphatic heterocycles. The Hall–Kier alpha value is -2.47. The van der Waals surface area contributed by atoms with Crippen molar-refractivity contribution in [1.29, 1.82) is 0 Å². The van der Waals surface area contributed by atoms with Gasteiger partial charge < -0.3 is 10.2 Å². The molecule has 0 saturated carbocycles. The van der Waals surface area contributed by atoms with Crippen molar-refractivity contribution in [3.05, 3.63) is 53.8 Å². The van der Waals surface area contributed by atoms with Crippen LogP contribution in [0.4, 0.5) is 15.2 Å². The molecule has 1 amide bonds. The van der Waals surface area contributed by atoms with Gasteiger partial charge in [-0.2, -0.15) is 0 Å². The molecule has 3 aromatic rings. The Bertz CT molecular complexity index is 963. The second-order valence-corrected chi connectivity index (χ2v) is 7.85. The summed E-state index contributed by atoms with van der Waals surface area (Å²) in [5.74, 6) is -0.193. The van der Waals surface area contributed by atoms with Crippen LogP contribution in [0.1, 0.15) is 25.3 Å². The number of hydrogen-bond donors (Lipinski definition) is 1. The monoisotopic (exact) mass is 383 g/mol. The average Bonchev–Trinajstić information content (AvgIpc) is 3.14. The molecule has 140 valence electrons. The summed E-state index contributed by atoms with van der Waals surface area (Å²) in [5, 5.41) is 3.93. The van der Waals surface area contributed by atoms with Gasteiger partial charge in [-0.05, 0) is 43.0 Å². The van der Waals surface area contributed by atoms with Crippen molar-refractivity contribution < 1.29 is 9.18 Å². The Morgan fingerprint density at radius 3 is 2.74 bits per heavy atom. The highest BCUT2D eigenvalue weighted by atomic mass is 32.1. The van der Waals surface area contributed by atoms with Gasteiger partial charge in [0, 0.05) is 24.7 Å². The van der Waals surface area contributed by atoms with E-state index in [1.807, 2.05) is 30.3 Å². The van der Waals surface area contributed by atoms with Crippen LogP contribution in [0.2, 0.25) is 0 Å². The molecule has 0 radical (unpaired) electrons. The third-order valence-corrected chi connectivity index (χ3v) is 6.23. The number of carbonyl (C=O) groups is 1. The average molecular weight is 383 g/mol. The summed E-state index contributed by atoms with van der Waals surface area (Å²) < 4.78 is 14.7. The Morgan fingerprint density at radius 1 is 1.22 bits per heavy atom. The lowest BCUT2D eigenvalue weighted by Gasteiger charge is -2.31. The number of nitrogens with zero attached hydrogens (tertiary/aromatic N) is 2. The topological polar surface area (TPSA) is 45.2 Å². The number of aryl methyl sites for hydroxylation is 1. The number of aromatic nitrogens is 1. The number of para-hydroxylation sites is 2. The largest absolute Gasteiger partial charge is 0.348 e. The molecule has 0 spiro atoms. The third-order valence-electron chi connectivity index (χ3n) is 5.15. The zero-order valence-corrected chi connectivity index (χ0v) is 16.1. The van der Waals surface area contributed by atoms with Crippen molar-refractivity contribution in [2.45, 2.75) is 26.2 Å². The molecular weight excluding hydrogens is 361 g/mol. The van der Waals surface area contributed by atoms with Gasteiger partial charge in [-0.1, -0.05) is 42.5 Å². The number of anilines is 2. The zero-order valence-electron chi connectivity index (χ0n) is 15.2. The maximum Gasteiger partial charge on any atom is 0.227 e. The Morgan fingerprint density at radius 2 is 2.00 bits per heavy atom. The first-order valence-corrected chi connectivity index (χ1v) is 10.2. The van der Waals surface area contributed by atoms with Crippen molar-refractivity contribution in [2.24, 2.45) is 5.92 Å². The van der Waals surface area contributed by atoms with E-state index in [-0.39, 0.29) is 17.6 Å². The molecule has 1 saturated heterocycles. The Kier molecular flexibility index (Phi) is 5.07. The Labute approximate surface area is 162 Å². The summed E-state index contributed by atoms with van der Waals surface area (Å²) in [7, 11) is 0. The molecule has 4 rings (SSSR count). The first kappa shape index (κ1) is 17.9. The van der Waals surface area contributed by atoms with Crippen LogP contribution < -0.4 is 10.2 Å². The fourth-order valence-corrected chi connectivity index (χ4v) is 4.59. The van der Waals surface area contributed by atoms with Gasteiger partial charge in [-0.25, -0.2) is 9.37 Å². The van der Waals surface area contributed by atoms with E-state index < -0.39 is 0 Å². The van der Waals surface area contributed by atoms with Gasteiger partial charge in [-0.3, -0.25) is 4.79 Å². The van der Waals surface area contributed by atoms with E-state index in [0.29, 0.717) is 5.52 Å². The van der Waals surface area contributed by atoms with Crippen LogP contribution in [0.25, 0.3) is 10.2 Å². The van der Waals surface area contributed by atoms with Crippen molar-refractivity contribution in [2.75, 3.05) is 23.3 Å². The Balaban J connectivity index is 1.40. The molecule has 0 atom stereocenters. The summed E-state index contributed by atoms with van der Waals surface area (Å²) in [6.45, 7) is 3.61. The van der Waals surface area contributed by atoms with E-state index in [1.165, 1.54) is 17.4 Å². The van der Waals surface area contributed by atoms with Crippen LogP contribution in [-0.4, -0.2) is 24.0 Å². The molecule has 0 unspecified atom stereocenters. The lowest BCUT2D eigenvalue weighted by Crippen LogP contribution is -2.38. The fourth-order valence-electron chi connectivity index (χ4n) is 3.56. The van der Waals surface area contributed by atoms with Crippen LogP contribution in [0.15, 0.2) is 42.5 Å². The number of nitrogens with one attached hydrogen (secondary N) is 1. The van der Waals surface area contributed by atoms with Gasteiger partial charge in [0.1, 0.15) is 11.3 Å². The number of amides is 1. The first-order chi connectivity index (χ1) is 13.2. The van der Waals surface area contributed by atoms with Crippen LogP contribution in [0, 0.1) is 11.7 Å². The van der Waals surface area contributed by atoms with Crippen LogP contribution in [-0.2, 0) is 11.2 Å². The number of fused-ring (bicyclic) bond motifs is 1. The molecule has 1 aliphatic rings. The minimum atomic E-state index is -0.279. The van der Waals surface area contributed by atoms with Crippen molar-refractivity contribution in [3.8, 4) is 0 Å². The molecule has 1 N–H and O–H groups in total. The maximum absolute atomic E-state index is 13.9. The summed E-state index contributed by atoms with van der Waals surface area (Å²) >= 11 is 1.51. The first-order valence-electron chi connectivity index (χ1n) is 9.34. The predicted molar refractivity (Wildman–Crippen MR) is 109 cm³/mol. The quantitative estimate of drug-likeness (QED) is 0.700. The molecule has 6 heteroatoms. The van der Waals surface area contributed by atoms with E-state index in [1.54, 1.807) is 6.07 Å². The number of hydrogen-bond acceptors (Lipinski definition) is 4. The van der Waals surface area contributed by atoms with Gasteiger partial charge in [-0.15, -0.1) is 0 Å². The molecule has 2 aromatic carbocycles. The molecule has 27 heavy (non-hydrogen) atoms. The highest BCUT2D eigenvalue weighted by Crippen LogP contribution is 2.32. The molecule has 0 aliphatic carbocycles. The van der Waals surface area contributed by atoms with Crippen LogP contribution in [0.3, 0.4) is 0 Å². The number of halogens is 1. The van der Waals surface area contributed by atoms with Gasteiger partial charge in [0.05, 0.1) is 4.70 Å².